The van der Waals surface area contributed by atoms with Crippen LogP contribution in [0.15, 0.2) is 6.20 Å². The van der Waals surface area contributed by atoms with E-state index in [2.05, 4.69) is 4.98 Å². The molecule has 1 aromatic rings. The summed E-state index contributed by atoms with van der Waals surface area (Å²) in [6.45, 7) is 3.83. The number of nitrogens with zero attached hydrogens (tertiary/aromatic N) is 1. The predicted molar refractivity (Wildman–Crippen MR) is 43.1 cm³/mol. The zero-order chi connectivity index (χ0) is 7.72. The highest BCUT2D eigenvalue weighted by atomic mass is 35.5. The predicted octanol–water partition coefficient (Wildman–Crippen LogP) is 1.93. The van der Waals surface area contributed by atoms with E-state index in [1.54, 1.807) is 6.20 Å². The Bertz CT molecular complexity index is 231. The van der Waals surface area contributed by atoms with Crippen LogP contribution in [0, 0.1) is 13.8 Å². The number of pyridine rings is 1. The molecule has 0 aliphatic rings. The zero-order valence-electron chi connectivity index (χ0n) is 5.98. The molecule has 0 atom stereocenters. The van der Waals surface area contributed by atoms with Crippen molar-refractivity contribution in [2.24, 2.45) is 0 Å². The van der Waals surface area contributed by atoms with Crippen LogP contribution in [0.3, 0.4) is 0 Å². The third kappa shape index (κ3) is 1.07. The van der Waals surface area contributed by atoms with Crippen LogP contribution < -0.4 is 5.73 Å². The van der Waals surface area contributed by atoms with E-state index >= 15 is 0 Å². The molecular formula is C7H9ClN2. The Balaban J connectivity index is 3.34. The summed E-state index contributed by atoms with van der Waals surface area (Å²) in [5.41, 5.74) is 8.24. The van der Waals surface area contributed by atoms with E-state index < -0.39 is 0 Å². The molecule has 0 amide bonds. The Labute approximate surface area is 65.0 Å². The van der Waals surface area contributed by atoms with Crippen molar-refractivity contribution in [3.8, 4) is 0 Å². The molecule has 0 fully saturated rings. The first-order valence-corrected chi connectivity index (χ1v) is 3.38. The van der Waals surface area contributed by atoms with Gasteiger partial charge in [-0.15, -0.1) is 0 Å². The van der Waals surface area contributed by atoms with Gasteiger partial charge in [0.25, 0.3) is 0 Å². The maximum atomic E-state index is 5.72. The molecule has 1 heterocycles. The first-order chi connectivity index (χ1) is 4.63. The fourth-order valence-electron chi connectivity index (χ4n) is 0.691. The fourth-order valence-corrected chi connectivity index (χ4v) is 0.882. The molecular weight excluding hydrogens is 148 g/mol. The average molecular weight is 157 g/mol. The van der Waals surface area contributed by atoms with Gasteiger partial charge in [0, 0.05) is 0 Å². The molecule has 0 bridgehead atoms. The van der Waals surface area contributed by atoms with Gasteiger partial charge < -0.3 is 5.73 Å². The van der Waals surface area contributed by atoms with Gasteiger partial charge in [0.15, 0.2) is 0 Å². The lowest BCUT2D eigenvalue weighted by atomic mass is 10.1. The number of hydrogen-bond donors (Lipinski definition) is 1. The summed E-state index contributed by atoms with van der Waals surface area (Å²) in [5.74, 6) is 0. The molecule has 1 aromatic heterocycles. The first kappa shape index (κ1) is 7.35. The molecule has 0 radical (unpaired) electrons. The Morgan fingerprint density at radius 1 is 1.40 bits per heavy atom. The summed E-state index contributed by atoms with van der Waals surface area (Å²) >= 11 is 5.72. The summed E-state index contributed by atoms with van der Waals surface area (Å²) in [4.78, 5) is 3.88. The number of nitrogen functional groups attached to an aromatic ring is 1. The first-order valence-electron chi connectivity index (χ1n) is 3.00. The second-order valence-electron chi connectivity index (χ2n) is 2.25. The van der Waals surface area contributed by atoms with E-state index in [0.29, 0.717) is 10.8 Å². The van der Waals surface area contributed by atoms with Gasteiger partial charge in [-0.1, -0.05) is 11.6 Å². The molecule has 10 heavy (non-hydrogen) atoms. The van der Waals surface area contributed by atoms with Gasteiger partial charge >= 0.3 is 0 Å². The molecule has 0 aliphatic heterocycles. The number of aromatic nitrogens is 1. The molecule has 54 valence electrons. The monoisotopic (exact) mass is 156 g/mol. The van der Waals surface area contributed by atoms with E-state index in [4.69, 9.17) is 17.3 Å². The average Bonchev–Trinajstić information content (AvgIpc) is 1.93. The SMILES string of the molecule is Cc1c(N)cnc(Cl)c1C. The van der Waals surface area contributed by atoms with E-state index in [9.17, 15) is 0 Å². The smallest absolute Gasteiger partial charge is 0.132 e. The number of hydrogen-bond acceptors (Lipinski definition) is 2. The van der Waals surface area contributed by atoms with Gasteiger partial charge in [-0.2, -0.15) is 0 Å². The Morgan fingerprint density at radius 3 is 2.50 bits per heavy atom. The van der Waals surface area contributed by atoms with Crippen molar-refractivity contribution in [3.05, 3.63) is 22.5 Å². The summed E-state index contributed by atoms with van der Waals surface area (Å²) in [5, 5.41) is 0.534. The molecule has 0 spiro atoms. The zero-order valence-corrected chi connectivity index (χ0v) is 6.74. The summed E-state index contributed by atoms with van der Waals surface area (Å²) in [6, 6.07) is 0. The molecule has 2 nitrogen and oxygen atoms in total. The third-order valence-electron chi connectivity index (χ3n) is 1.62. The van der Waals surface area contributed by atoms with E-state index in [1.165, 1.54) is 0 Å². The van der Waals surface area contributed by atoms with Crippen molar-refractivity contribution in [1.82, 2.24) is 4.98 Å². The van der Waals surface area contributed by atoms with E-state index in [-0.39, 0.29) is 0 Å². The largest absolute Gasteiger partial charge is 0.397 e. The van der Waals surface area contributed by atoms with Crippen molar-refractivity contribution in [2.45, 2.75) is 13.8 Å². The Morgan fingerprint density at radius 2 is 2.00 bits per heavy atom. The standard InChI is InChI=1S/C7H9ClN2/c1-4-5(2)7(8)10-3-6(4)9/h3H,9H2,1-2H3. The minimum Gasteiger partial charge on any atom is -0.397 e. The molecule has 3 heteroatoms. The molecule has 0 unspecified atom stereocenters. The van der Waals surface area contributed by atoms with Crippen molar-refractivity contribution in [1.29, 1.82) is 0 Å². The molecule has 2 N–H and O–H groups in total. The maximum absolute atomic E-state index is 5.72. The van der Waals surface area contributed by atoms with E-state index in [1.807, 2.05) is 13.8 Å². The summed E-state index contributed by atoms with van der Waals surface area (Å²) in [7, 11) is 0. The van der Waals surface area contributed by atoms with Crippen LogP contribution in [0.2, 0.25) is 5.15 Å². The lowest BCUT2D eigenvalue weighted by molar-refractivity contribution is 1.22. The molecule has 0 saturated carbocycles. The van der Waals surface area contributed by atoms with Crippen LogP contribution in [-0.2, 0) is 0 Å². The minimum absolute atomic E-state index is 0.534. The van der Waals surface area contributed by atoms with Crippen LogP contribution in [0.4, 0.5) is 5.69 Å². The van der Waals surface area contributed by atoms with Gasteiger partial charge in [-0.25, -0.2) is 4.98 Å². The topological polar surface area (TPSA) is 38.9 Å². The highest BCUT2D eigenvalue weighted by Crippen LogP contribution is 2.19. The van der Waals surface area contributed by atoms with Crippen molar-refractivity contribution < 1.29 is 0 Å². The quantitative estimate of drug-likeness (QED) is 0.583. The van der Waals surface area contributed by atoms with Crippen LogP contribution in [-0.4, -0.2) is 4.98 Å². The number of anilines is 1. The second kappa shape index (κ2) is 2.46. The highest BCUT2D eigenvalue weighted by Gasteiger charge is 2.01. The lowest BCUT2D eigenvalue weighted by Gasteiger charge is -2.03. The van der Waals surface area contributed by atoms with E-state index in [0.717, 1.165) is 11.1 Å². The summed E-state index contributed by atoms with van der Waals surface area (Å²) in [6.07, 6.45) is 1.57. The number of rotatable bonds is 0. The lowest BCUT2D eigenvalue weighted by Crippen LogP contribution is -1.94. The van der Waals surface area contributed by atoms with Gasteiger partial charge in [-0.05, 0) is 25.0 Å². The van der Waals surface area contributed by atoms with Crippen LogP contribution >= 0.6 is 11.6 Å². The van der Waals surface area contributed by atoms with Crippen molar-refractivity contribution >= 4 is 17.3 Å². The van der Waals surface area contributed by atoms with Crippen LogP contribution in [0.5, 0.6) is 0 Å². The van der Waals surface area contributed by atoms with Gasteiger partial charge in [-0.3, -0.25) is 0 Å². The second-order valence-corrected chi connectivity index (χ2v) is 2.61. The minimum atomic E-state index is 0.534. The molecule has 1 rings (SSSR count). The van der Waals surface area contributed by atoms with Gasteiger partial charge in [0.05, 0.1) is 11.9 Å². The third-order valence-corrected chi connectivity index (χ3v) is 2.00. The number of halogens is 1. The Kier molecular flexibility index (Phi) is 1.81. The summed E-state index contributed by atoms with van der Waals surface area (Å²) < 4.78 is 0. The van der Waals surface area contributed by atoms with Crippen molar-refractivity contribution in [2.75, 3.05) is 5.73 Å². The van der Waals surface area contributed by atoms with Gasteiger partial charge in [0.1, 0.15) is 5.15 Å². The molecule has 0 saturated heterocycles. The fraction of sp³-hybridized carbons (Fsp3) is 0.286. The number of nitrogens with two attached hydrogens (primary N) is 1. The molecule has 0 aliphatic carbocycles. The maximum Gasteiger partial charge on any atom is 0.132 e. The molecule has 0 aromatic carbocycles. The highest BCUT2D eigenvalue weighted by molar-refractivity contribution is 6.30. The van der Waals surface area contributed by atoms with Crippen LogP contribution in [0.1, 0.15) is 11.1 Å². The normalized spacial score (nSPS) is 9.90. The van der Waals surface area contributed by atoms with Crippen molar-refractivity contribution in [3.63, 3.8) is 0 Å². The van der Waals surface area contributed by atoms with Crippen LogP contribution in [0.25, 0.3) is 0 Å². The van der Waals surface area contributed by atoms with Gasteiger partial charge in [0.2, 0.25) is 0 Å². The Hall–Kier alpha value is -0.760.